The molecule has 8 heteroatoms. The van der Waals surface area contributed by atoms with E-state index in [0.29, 0.717) is 38.5 Å². The zero-order chi connectivity index (χ0) is 26.3. The number of halogens is 1. The first kappa shape index (κ1) is 25.1. The van der Waals surface area contributed by atoms with Crippen molar-refractivity contribution in [2.24, 2.45) is 11.8 Å². The standard InChI is InChI=1S/C30H29BrN2O5/c31-21-9-10-27(32-14-21)30(38-18-28(34)35)12-11-19-15-33(16-20(19)13-30)29(36)37-17-26-24-7-3-1-5-22(24)23-6-2-4-8-25(23)26/h1-10,14,19-20,26H,11-13,15-18H2,(H,34,35). The molecule has 196 valence electrons. The molecule has 7 nitrogen and oxygen atoms in total. The first-order chi connectivity index (χ1) is 18.4. The Labute approximate surface area is 229 Å². The van der Waals surface area contributed by atoms with E-state index in [4.69, 9.17) is 9.47 Å². The normalized spacial score (nSPS) is 24.0. The number of rotatable bonds is 6. The van der Waals surface area contributed by atoms with E-state index in [1.165, 1.54) is 22.3 Å². The van der Waals surface area contributed by atoms with E-state index < -0.39 is 11.6 Å². The highest BCUT2D eigenvalue weighted by molar-refractivity contribution is 9.10. The van der Waals surface area contributed by atoms with Crippen molar-refractivity contribution in [3.8, 4) is 11.1 Å². The molecule has 0 bridgehead atoms. The SMILES string of the molecule is O=C(O)COC1(c2ccc(Br)cn2)CCC2CN(C(=O)OCC3c4ccccc4-c4ccccc43)CC2C1. The number of pyridine rings is 1. The summed E-state index contributed by atoms with van der Waals surface area (Å²) >= 11 is 3.42. The van der Waals surface area contributed by atoms with Gasteiger partial charge >= 0.3 is 12.1 Å². The van der Waals surface area contributed by atoms with Gasteiger partial charge in [-0.1, -0.05) is 48.5 Å². The van der Waals surface area contributed by atoms with Crippen molar-refractivity contribution in [1.82, 2.24) is 9.88 Å². The number of likely N-dealkylation sites (tertiary alicyclic amines) is 1. The lowest BCUT2D eigenvalue weighted by Gasteiger charge is -2.41. The van der Waals surface area contributed by atoms with E-state index in [-0.39, 0.29) is 24.5 Å². The van der Waals surface area contributed by atoms with Gasteiger partial charge in [0.05, 0.1) is 5.69 Å². The maximum absolute atomic E-state index is 13.2. The predicted molar refractivity (Wildman–Crippen MR) is 145 cm³/mol. The van der Waals surface area contributed by atoms with Gasteiger partial charge in [-0.3, -0.25) is 4.98 Å². The highest BCUT2D eigenvalue weighted by Gasteiger charge is 2.48. The number of benzene rings is 2. The van der Waals surface area contributed by atoms with E-state index in [1.54, 1.807) is 6.20 Å². The van der Waals surface area contributed by atoms with Crippen LogP contribution in [0.3, 0.4) is 0 Å². The van der Waals surface area contributed by atoms with Crippen molar-refractivity contribution in [3.05, 3.63) is 88.2 Å². The lowest BCUT2D eigenvalue weighted by molar-refractivity contribution is -0.156. The van der Waals surface area contributed by atoms with Gasteiger partial charge in [0.2, 0.25) is 0 Å². The number of aromatic nitrogens is 1. The van der Waals surface area contributed by atoms with Gasteiger partial charge in [-0.25, -0.2) is 9.59 Å². The molecule has 1 N–H and O–H groups in total. The van der Waals surface area contributed by atoms with E-state index in [0.717, 1.165) is 16.6 Å². The molecule has 2 heterocycles. The summed E-state index contributed by atoms with van der Waals surface area (Å²) in [6, 6.07) is 20.4. The number of carbonyl (C=O) groups is 2. The Morgan fingerprint density at radius 3 is 2.34 bits per heavy atom. The second-order valence-electron chi connectivity index (χ2n) is 10.5. The second kappa shape index (κ2) is 10.2. The molecule has 1 aliphatic heterocycles. The number of carbonyl (C=O) groups excluding carboxylic acids is 1. The fourth-order valence-electron chi connectivity index (χ4n) is 6.56. The molecular weight excluding hydrogens is 548 g/mol. The van der Waals surface area contributed by atoms with Crippen LogP contribution in [0.25, 0.3) is 11.1 Å². The van der Waals surface area contributed by atoms with Gasteiger partial charge in [0.25, 0.3) is 0 Å². The van der Waals surface area contributed by atoms with Gasteiger partial charge in [-0.05, 0) is 81.4 Å². The summed E-state index contributed by atoms with van der Waals surface area (Å²) in [7, 11) is 0. The minimum atomic E-state index is -1.00. The first-order valence-corrected chi connectivity index (χ1v) is 13.8. The fraction of sp³-hybridized carbons (Fsp3) is 0.367. The van der Waals surface area contributed by atoms with E-state index in [9.17, 15) is 14.7 Å². The zero-order valence-corrected chi connectivity index (χ0v) is 22.5. The largest absolute Gasteiger partial charge is 0.480 e. The number of aliphatic carboxylic acids is 1. The van der Waals surface area contributed by atoms with Gasteiger partial charge in [-0.15, -0.1) is 0 Å². The maximum Gasteiger partial charge on any atom is 0.409 e. The molecule has 3 aliphatic rings. The van der Waals surface area contributed by atoms with Crippen LogP contribution in [0.4, 0.5) is 4.79 Å². The van der Waals surface area contributed by atoms with Crippen LogP contribution in [0.1, 0.15) is 42.0 Å². The maximum atomic E-state index is 13.2. The highest BCUT2D eigenvalue weighted by atomic mass is 79.9. The van der Waals surface area contributed by atoms with Crippen molar-refractivity contribution < 1.29 is 24.2 Å². The lowest BCUT2D eigenvalue weighted by Crippen LogP contribution is -2.41. The average molecular weight is 577 g/mol. The van der Waals surface area contributed by atoms with Crippen molar-refractivity contribution in [2.45, 2.75) is 30.8 Å². The van der Waals surface area contributed by atoms with Crippen LogP contribution in [0, 0.1) is 11.8 Å². The van der Waals surface area contributed by atoms with Crippen LogP contribution in [0.15, 0.2) is 71.3 Å². The van der Waals surface area contributed by atoms with Crippen LogP contribution in [-0.4, -0.2) is 53.4 Å². The predicted octanol–water partition coefficient (Wildman–Crippen LogP) is 5.82. The summed E-state index contributed by atoms with van der Waals surface area (Å²) in [4.78, 5) is 31.0. The summed E-state index contributed by atoms with van der Waals surface area (Å²) < 4.78 is 12.8. The molecular formula is C30H29BrN2O5. The summed E-state index contributed by atoms with van der Waals surface area (Å²) in [6.45, 7) is 1.12. The minimum Gasteiger partial charge on any atom is -0.480 e. The third-order valence-electron chi connectivity index (χ3n) is 8.35. The minimum absolute atomic E-state index is 0.0248. The Morgan fingerprint density at radius 2 is 1.68 bits per heavy atom. The number of carboxylic acid groups (broad SMARTS) is 1. The fourth-order valence-corrected chi connectivity index (χ4v) is 6.79. The third-order valence-corrected chi connectivity index (χ3v) is 8.82. The van der Waals surface area contributed by atoms with Gasteiger partial charge in [0, 0.05) is 29.7 Å². The van der Waals surface area contributed by atoms with E-state index >= 15 is 0 Å². The van der Waals surface area contributed by atoms with Crippen molar-refractivity contribution in [2.75, 3.05) is 26.3 Å². The summed E-state index contributed by atoms with van der Waals surface area (Å²) in [5.41, 5.74) is 4.75. The van der Waals surface area contributed by atoms with Crippen LogP contribution in [0.2, 0.25) is 0 Å². The van der Waals surface area contributed by atoms with Crippen LogP contribution >= 0.6 is 15.9 Å². The number of ether oxygens (including phenoxy) is 2. The topological polar surface area (TPSA) is 89.0 Å². The first-order valence-electron chi connectivity index (χ1n) is 13.0. The van der Waals surface area contributed by atoms with Gasteiger partial charge in [0.1, 0.15) is 18.8 Å². The Balaban J connectivity index is 1.14. The summed E-state index contributed by atoms with van der Waals surface area (Å²) in [6.07, 6.45) is 3.53. The number of hydrogen-bond acceptors (Lipinski definition) is 5. The molecule has 0 spiro atoms. The molecule has 3 unspecified atom stereocenters. The van der Waals surface area contributed by atoms with Gasteiger partial charge in [-0.2, -0.15) is 0 Å². The number of nitrogens with zero attached hydrogens (tertiary/aromatic N) is 2. The second-order valence-corrected chi connectivity index (χ2v) is 11.4. The Hall–Kier alpha value is -3.23. The van der Waals surface area contributed by atoms with E-state index in [2.05, 4.69) is 45.2 Å². The van der Waals surface area contributed by atoms with Crippen LogP contribution in [-0.2, 0) is 19.9 Å². The van der Waals surface area contributed by atoms with Crippen molar-refractivity contribution in [3.63, 3.8) is 0 Å². The quantitative estimate of drug-likeness (QED) is 0.397. The monoisotopic (exact) mass is 576 g/mol. The summed E-state index contributed by atoms with van der Waals surface area (Å²) in [5, 5.41) is 9.30. The molecule has 1 saturated carbocycles. The Kier molecular flexibility index (Phi) is 6.70. The molecule has 6 rings (SSSR count). The third kappa shape index (κ3) is 4.60. The number of amides is 1. The molecule has 1 aromatic heterocycles. The lowest BCUT2D eigenvalue weighted by atomic mass is 9.71. The molecule has 2 aromatic carbocycles. The van der Waals surface area contributed by atoms with Gasteiger partial charge < -0.3 is 19.5 Å². The molecule has 2 aliphatic carbocycles. The molecule has 1 saturated heterocycles. The van der Waals surface area contributed by atoms with Crippen LogP contribution in [0.5, 0.6) is 0 Å². The Bertz CT molecular complexity index is 1320. The average Bonchev–Trinajstić information content (AvgIpc) is 3.50. The van der Waals surface area contributed by atoms with Gasteiger partial charge in [0.15, 0.2) is 0 Å². The van der Waals surface area contributed by atoms with Crippen molar-refractivity contribution >= 4 is 28.0 Å². The molecule has 3 atom stereocenters. The molecule has 38 heavy (non-hydrogen) atoms. The highest BCUT2D eigenvalue weighted by Crippen LogP contribution is 2.48. The Morgan fingerprint density at radius 1 is 1.00 bits per heavy atom. The molecule has 1 amide bonds. The summed E-state index contributed by atoms with van der Waals surface area (Å²) in [5.74, 6) is -0.469. The molecule has 3 aromatic rings. The number of hydrogen-bond donors (Lipinski definition) is 1. The number of fused-ring (bicyclic) bond motifs is 4. The zero-order valence-electron chi connectivity index (χ0n) is 20.9. The van der Waals surface area contributed by atoms with E-state index in [1.807, 2.05) is 41.3 Å². The number of carboxylic acids is 1. The van der Waals surface area contributed by atoms with Crippen molar-refractivity contribution in [1.29, 1.82) is 0 Å². The molecule has 2 fully saturated rings. The molecule has 0 radical (unpaired) electrons. The smallest absolute Gasteiger partial charge is 0.409 e. The van der Waals surface area contributed by atoms with Crippen LogP contribution < -0.4 is 0 Å².